The number of hydrogen-bond acceptors (Lipinski definition) is 5. The molecule has 1 aromatic heterocycles. The van der Waals surface area contributed by atoms with Crippen molar-refractivity contribution in [2.45, 2.75) is 12.8 Å². The lowest BCUT2D eigenvalue weighted by molar-refractivity contribution is -0.137. The molecule has 2 aromatic rings. The highest BCUT2D eigenvalue weighted by Crippen LogP contribution is 2.17. The number of para-hydroxylation sites is 1. The van der Waals surface area contributed by atoms with Gasteiger partial charge in [0.25, 0.3) is 5.91 Å². The molecule has 3 amide bonds. The van der Waals surface area contributed by atoms with Gasteiger partial charge in [0.15, 0.2) is 5.76 Å². The Morgan fingerprint density at radius 2 is 1.76 bits per heavy atom. The quantitative estimate of drug-likeness (QED) is 0.709. The molecule has 8 heteroatoms. The fourth-order valence-corrected chi connectivity index (χ4v) is 3.27. The molecule has 8 nitrogen and oxygen atoms in total. The van der Waals surface area contributed by atoms with Crippen molar-refractivity contribution >= 4 is 17.7 Å². The molecule has 1 saturated heterocycles. The van der Waals surface area contributed by atoms with E-state index >= 15 is 0 Å². The number of hydrogen-bond donors (Lipinski definition) is 1. The highest BCUT2D eigenvalue weighted by Gasteiger charge is 2.26. The second-order valence-electron chi connectivity index (χ2n) is 6.74. The van der Waals surface area contributed by atoms with Crippen LogP contribution in [0.5, 0.6) is 5.75 Å². The molecular weight excluding hydrogens is 374 g/mol. The van der Waals surface area contributed by atoms with Crippen LogP contribution < -0.4 is 10.1 Å². The van der Waals surface area contributed by atoms with Crippen LogP contribution in [-0.2, 0) is 16.0 Å². The maximum atomic E-state index is 12.4. The third-order valence-electron chi connectivity index (χ3n) is 4.87. The van der Waals surface area contributed by atoms with E-state index in [1.165, 1.54) is 6.26 Å². The summed E-state index contributed by atoms with van der Waals surface area (Å²) in [4.78, 5) is 40.0. The van der Waals surface area contributed by atoms with Crippen molar-refractivity contribution in [1.82, 2.24) is 15.1 Å². The largest absolute Gasteiger partial charge is 0.496 e. The molecule has 1 aromatic carbocycles. The minimum atomic E-state index is -0.306. The summed E-state index contributed by atoms with van der Waals surface area (Å²) >= 11 is 0. The van der Waals surface area contributed by atoms with Gasteiger partial charge in [0.05, 0.1) is 13.4 Å². The molecule has 0 atom stereocenters. The second kappa shape index (κ2) is 9.77. The van der Waals surface area contributed by atoms with Gasteiger partial charge in [-0.05, 0) is 30.2 Å². The Hall–Kier alpha value is -3.29. The van der Waals surface area contributed by atoms with Crippen molar-refractivity contribution in [1.29, 1.82) is 0 Å². The van der Waals surface area contributed by atoms with Crippen LogP contribution in [0.15, 0.2) is 47.1 Å². The van der Waals surface area contributed by atoms with Gasteiger partial charge in [-0.1, -0.05) is 18.2 Å². The molecule has 1 fully saturated rings. The molecule has 1 N–H and O–H groups in total. The van der Waals surface area contributed by atoms with Crippen LogP contribution in [0.2, 0.25) is 0 Å². The molecular formula is C21H25N3O5. The summed E-state index contributed by atoms with van der Waals surface area (Å²) in [5.41, 5.74) is 0.999. The summed E-state index contributed by atoms with van der Waals surface area (Å²) in [5, 5.41) is 2.78. The van der Waals surface area contributed by atoms with Crippen molar-refractivity contribution in [3.8, 4) is 5.75 Å². The number of ether oxygens (including phenoxy) is 1. The van der Waals surface area contributed by atoms with E-state index in [9.17, 15) is 14.4 Å². The predicted molar refractivity (Wildman–Crippen MR) is 106 cm³/mol. The number of nitrogens with zero attached hydrogens (tertiary/aromatic N) is 2. The Bertz CT molecular complexity index is 842. The fourth-order valence-electron chi connectivity index (χ4n) is 3.27. The predicted octanol–water partition coefficient (Wildman–Crippen LogP) is 1.32. The van der Waals surface area contributed by atoms with Crippen LogP contribution in [0, 0.1) is 0 Å². The van der Waals surface area contributed by atoms with Gasteiger partial charge in [0.1, 0.15) is 12.2 Å². The molecule has 2 heterocycles. The summed E-state index contributed by atoms with van der Waals surface area (Å²) in [6, 6.07) is 10.9. The summed E-state index contributed by atoms with van der Waals surface area (Å²) in [6.45, 7) is 2.07. The molecule has 0 radical (unpaired) electrons. The molecule has 3 rings (SSSR count). The van der Waals surface area contributed by atoms with E-state index in [0.717, 1.165) is 11.3 Å². The fraction of sp³-hybridized carbons (Fsp3) is 0.381. The Morgan fingerprint density at radius 1 is 1.03 bits per heavy atom. The number of carbonyl (C=O) groups is 3. The van der Waals surface area contributed by atoms with Crippen molar-refractivity contribution in [2.24, 2.45) is 0 Å². The second-order valence-corrected chi connectivity index (χ2v) is 6.74. The summed E-state index contributed by atoms with van der Waals surface area (Å²) in [5.74, 6) is 0.346. The first-order valence-electron chi connectivity index (χ1n) is 9.57. The first-order chi connectivity index (χ1) is 14.1. The maximum absolute atomic E-state index is 12.4. The van der Waals surface area contributed by atoms with Crippen molar-refractivity contribution in [3.63, 3.8) is 0 Å². The molecule has 154 valence electrons. The van der Waals surface area contributed by atoms with Gasteiger partial charge in [-0.2, -0.15) is 0 Å². The van der Waals surface area contributed by atoms with Gasteiger partial charge >= 0.3 is 0 Å². The number of rotatable bonds is 7. The molecule has 0 bridgehead atoms. The Morgan fingerprint density at radius 3 is 2.45 bits per heavy atom. The van der Waals surface area contributed by atoms with Crippen molar-refractivity contribution in [3.05, 3.63) is 54.0 Å². The molecule has 0 aliphatic carbocycles. The molecule has 1 aliphatic rings. The van der Waals surface area contributed by atoms with Gasteiger partial charge in [-0.25, -0.2) is 0 Å². The van der Waals surface area contributed by atoms with Gasteiger partial charge in [-0.3, -0.25) is 14.4 Å². The monoisotopic (exact) mass is 399 g/mol. The van der Waals surface area contributed by atoms with E-state index in [-0.39, 0.29) is 24.1 Å². The average molecular weight is 399 g/mol. The number of nitrogens with one attached hydrogen (secondary N) is 1. The van der Waals surface area contributed by atoms with Gasteiger partial charge in [-0.15, -0.1) is 0 Å². The number of carbonyl (C=O) groups excluding carboxylic acids is 3. The molecule has 0 saturated carbocycles. The van der Waals surface area contributed by atoms with E-state index < -0.39 is 0 Å². The van der Waals surface area contributed by atoms with E-state index in [1.54, 1.807) is 29.0 Å². The highest BCUT2D eigenvalue weighted by molar-refractivity contribution is 5.97. The van der Waals surface area contributed by atoms with E-state index in [2.05, 4.69) is 5.32 Å². The number of amides is 3. The zero-order valence-electron chi connectivity index (χ0n) is 16.4. The van der Waals surface area contributed by atoms with Crippen LogP contribution in [0.4, 0.5) is 0 Å². The van der Waals surface area contributed by atoms with Crippen molar-refractivity contribution in [2.75, 3.05) is 39.8 Å². The first kappa shape index (κ1) is 20.4. The van der Waals surface area contributed by atoms with Crippen LogP contribution in [0.3, 0.4) is 0 Å². The zero-order valence-corrected chi connectivity index (χ0v) is 16.4. The van der Waals surface area contributed by atoms with Crippen LogP contribution in [-0.4, -0.2) is 67.4 Å². The van der Waals surface area contributed by atoms with E-state index in [4.69, 9.17) is 9.15 Å². The third kappa shape index (κ3) is 5.37. The average Bonchev–Trinajstić information content (AvgIpc) is 3.28. The van der Waals surface area contributed by atoms with Crippen LogP contribution in [0.1, 0.15) is 22.5 Å². The highest BCUT2D eigenvalue weighted by atomic mass is 16.5. The molecule has 29 heavy (non-hydrogen) atoms. The lowest BCUT2D eigenvalue weighted by Crippen LogP contribution is -2.51. The third-order valence-corrected chi connectivity index (χ3v) is 4.87. The summed E-state index contributed by atoms with van der Waals surface area (Å²) < 4.78 is 10.4. The minimum Gasteiger partial charge on any atom is -0.496 e. The number of piperazine rings is 1. The van der Waals surface area contributed by atoms with Gasteiger partial charge in [0, 0.05) is 32.7 Å². The molecule has 1 aliphatic heterocycles. The summed E-state index contributed by atoms with van der Waals surface area (Å²) in [6.07, 6.45) is 1.88. The van der Waals surface area contributed by atoms with E-state index in [0.29, 0.717) is 44.9 Å². The zero-order chi connectivity index (χ0) is 20.6. The van der Waals surface area contributed by atoms with Crippen molar-refractivity contribution < 1.29 is 23.5 Å². The van der Waals surface area contributed by atoms with Gasteiger partial charge < -0.3 is 24.3 Å². The Balaban J connectivity index is 1.39. The number of furan rings is 1. The normalized spacial score (nSPS) is 13.8. The Labute approximate surface area is 169 Å². The summed E-state index contributed by atoms with van der Waals surface area (Å²) in [7, 11) is 1.61. The van der Waals surface area contributed by atoms with Gasteiger partial charge in [0.2, 0.25) is 11.8 Å². The Kier molecular flexibility index (Phi) is 6.89. The molecule has 0 spiro atoms. The first-order valence-corrected chi connectivity index (χ1v) is 9.57. The lowest BCUT2D eigenvalue weighted by Gasteiger charge is -2.34. The smallest absolute Gasteiger partial charge is 0.289 e. The standard InChI is InChI=1S/C21H25N3O5/c1-28-17-6-3-2-5-16(17)8-9-22-19(25)15-20(26)23-10-12-24(13-11-23)21(27)18-7-4-14-29-18/h2-7,14H,8-13,15H2,1H3,(H,22,25). The topological polar surface area (TPSA) is 92.1 Å². The minimum absolute atomic E-state index is 0.184. The van der Waals surface area contributed by atoms with Crippen LogP contribution in [0.25, 0.3) is 0 Å². The van der Waals surface area contributed by atoms with E-state index in [1.807, 2.05) is 24.3 Å². The van der Waals surface area contributed by atoms with Crippen LogP contribution >= 0.6 is 0 Å². The SMILES string of the molecule is COc1ccccc1CCNC(=O)CC(=O)N1CCN(C(=O)c2ccco2)CC1. The lowest BCUT2D eigenvalue weighted by atomic mass is 10.1. The number of methoxy groups -OCH3 is 1. The molecule has 0 unspecified atom stereocenters. The maximum Gasteiger partial charge on any atom is 0.289 e. The number of benzene rings is 1.